The summed E-state index contributed by atoms with van der Waals surface area (Å²) in [5.41, 5.74) is -0.152. The van der Waals surface area contributed by atoms with Crippen molar-refractivity contribution in [3.05, 3.63) is 60.1 Å². The molecule has 0 aliphatic carbocycles. The van der Waals surface area contributed by atoms with Crippen molar-refractivity contribution in [1.82, 2.24) is 0 Å². The lowest BCUT2D eigenvalue weighted by atomic mass is 9.88. The smallest absolute Gasteiger partial charge is 0.164 e. The molecule has 6 heteroatoms. The van der Waals surface area contributed by atoms with Crippen molar-refractivity contribution in [3.8, 4) is 0 Å². The molecular weight excluding hydrogens is 324 g/mol. The number of ether oxygens (including phenoxy) is 3. The Hall–Kier alpha value is -1.70. The largest absolute Gasteiger partial charge is 0.472 e. The van der Waals surface area contributed by atoms with E-state index in [-0.39, 0.29) is 6.61 Å². The van der Waals surface area contributed by atoms with Gasteiger partial charge >= 0.3 is 0 Å². The lowest BCUT2D eigenvalue weighted by molar-refractivity contribution is -0.181. The van der Waals surface area contributed by atoms with Gasteiger partial charge < -0.3 is 28.8 Å². The van der Waals surface area contributed by atoms with E-state index in [1.165, 1.54) is 12.5 Å². The fourth-order valence-electron chi connectivity index (χ4n) is 3.09. The monoisotopic (exact) mass is 348 g/mol. The zero-order valence-corrected chi connectivity index (χ0v) is 14.4. The van der Waals surface area contributed by atoms with Crippen LogP contribution in [-0.2, 0) is 26.4 Å². The summed E-state index contributed by atoms with van der Waals surface area (Å²) in [5.74, 6) is -0.891. The molecule has 0 unspecified atom stereocenters. The van der Waals surface area contributed by atoms with Crippen molar-refractivity contribution in [2.75, 3.05) is 13.2 Å². The number of benzene rings is 1. The van der Waals surface area contributed by atoms with Crippen molar-refractivity contribution >= 4 is 0 Å². The van der Waals surface area contributed by atoms with E-state index in [4.69, 9.17) is 18.6 Å². The minimum absolute atomic E-state index is 0.225. The summed E-state index contributed by atoms with van der Waals surface area (Å²) in [5, 5.41) is 20.9. The molecule has 25 heavy (non-hydrogen) atoms. The standard InChI is InChI=1S/C19H24O6/c1-18(2)24-16(12-23-10-14-6-4-3-5-7-14)17(25-18)19(21,13-20)15-8-9-22-11-15/h3-9,11,16-17,20-21H,10,12-13H2,1-2H3/t16-,17+,19+/m0/s1. The minimum Gasteiger partial charge on any atom is -0.472 e. The van der Waals surface area contributed by atoms with E-state index in [1.54, 1.807) is 19.9 Å². The van der Waals surface area contributed by atoms with E-state index < -0.39 is 30.2 Å². The summed E-state index contributed by atoms with van der Waals surface area (Å²) >= 11 is 0. The average Bonchev–Trinajstić information content (AvgIpc) is 3.23. The molecule has 2 N–H and O–H groups in total. The van der Waals surface area contributed by atoms with Gasteiger partial charge in [-0.2, -0.15) is 0 Å². The molecule has 0 amide bonds. The topological polar surface area (TPSA) is 81.3 Å². The van der Waals surface area contributed by atoms with Gasteiger partial charge in [-0.3, -0.25) is 0 Å². The summed E-state index contributed by atoms with van der Waals surface area (Å²) < 4.78 is 22.6. The predicted molar refractivity (Wildman–Crippen MR) is 89.6 cm³/mol. The van der Waals surface area contributed by atoms with Gasteiger partial charge in [-0.15, -0.1) is 0 Å². The van der Waals surface area contributed by atoms with Gasteiger partial charge in [0.2, 0.25) is 0 Å². The van der Waals surface area contributed by atoms with Crippen LogP contribution in [0, 0.1) is 0 Å². The van der Waals surface area contributed by atoms with Crippen molar-refractivity contribution in [3.63, 3.8) is 0 Å². The van der Waals surface area contributed by atoms with Gasteiger partial charge in [0.1, 0.15) is 17.8 Å². The Morgan fingerprint density at radius 3 is 2.56 bits per heavy atom. The van der Waals surface area contributed by atoms with Gasteiger partial charge in [0.05, 0.1) is 32.3 Å². The van der Waals surface area contributed by atoms with Gasteiger partial charge in [-0.1, -0.05) is 30.3 Å². The van der Waals surface area contributed by atoms with Crippen molar-refractivity contribution < 1.29 is 28.8 Å². The van der Waals surface area contributed by atoms with Crippen LogP contribution in [0.5, 0.6) is 0 Å². The second-order valence-corrected chi connectivity index (χ2v) is 6.69. The molecule has 136 valence electrons. The van der Waals surface area contributed by atoms with Crippen LogP contribution in [0.3, 0.4) is 0 Å². The number of rotatable bonds is 7. The number of aliphatic hydroxyl groups is 2. The third-order valence-corrected chi connectivity index (χ3v) is 4.31. The van der Waals surface area contributed by atoms with Gasteiger partial charge in [0, 0.05) is 5.56 Å². The van der Waals surface area contributed by atoms with Crippen LogP contribution in [0.25, 0.3) is 0 Å². The Kier molecular flexibility index (Phi) is 5.27. The summed E-state index contributed by atoms with van der Waals surface area (Å²) in [4.78, 5) is 0. The first-order valence-corrected chi connectivity index (χ1v) is 8.28. The Bertz CT molecular complexity index is 654. The normalized spacial score (nSPS) is 25.0. The first-order valence-electron chi connectivity index (χ1n) is 8.28. The molecule has 1 aliphatic heterocycles. The predicted octanol–water partition coefficient (Wildman–Crippen LogP) is 2.20. The molecule has 1 aliphatic rings. The van der Waals surface area contributed by atoms with E-state index in [0.717, 1.165) is 5.56 Å². The van der Waals surface area contributed by atoms with Gasteiger partial charge in [0.15, 0.2) is 5.79 Å². The van der Waals surface area contributed by atoms with Gasteiger partial charge in [-0.25, -0.2) is 0 Å². The highest BCUT2D eigenvalue weighted by Crippen LogP contribution is 2.39. The third kappa shape index (κ3) is 3.94. The summed E-state index contributed by atoms with van der Waals surface area (Å²) in [6.07, 6.45) is 1.51. The summed E-state index contributed by atoms with van der Waals surface area (Å²) in [7, 11) is 0. The molecule has 1 aromatic heterocycles. The summed E-state index contributed by atoms with van der Waals surface area (Å²) in [6, 6.07) is 11.4. The molecule has 1 saturated heterocycles. The quantitative estimate of drug-likeness (QED) is 0.798. The van der Waals surface area contributed by atoms with E-state index in [9.17, 15) is 10.2 Å². The lowest BCUT2D eigenvalue weighted by Gasteiger charge is -2.33. The molecule has 1 aromatic carbocycles. The summed E-state index contributed by atoms with van der Waals surface area (Å²) in [6.45, 7) is 3.67. The van der Waals surface area contributed by atoms with E-state index in [0.29, 0.717) is 12.2 Å². The Labute approximate surface area is 146 Å². The second-order valence-electron chi connectivity index (χ2n) is 6.69. The molecule has 3 atom stereocenters. The molecule has 0 bridgehead atoms. The van der Waals surface area contributed by atoms with E-state index in [1.807, 2.05) is 30.3 Å². The minimum atomic E-state index is -1.64. The van der Waals surface area contributed by atoms with Crippen LogP contribution in [0.1, 0.15) is 25.0 Å². The molecule has 0 spiro atoms. The van der Waals surface area contributed by atoms with Crippen molar-refractivity contribution in [1.29, 1.82) is 0 Å². The van der Waals surface area contributed by atoms with Gasteiger partial charge in [0.25, 0.3) is 0 Å². The Balaban J connectivity index is 1.72. The average molecular weight is 348 g/mol. The molecule has 2 aromatic rings. The Morgan fingerprint density at radius 1 is 1.16 bits per heavy atom. The molecule has 6 nitrogen and oxygen atoms in total. The zero-order chi connectivity index (χ0) is 17.9. The number of aliphatic hydroxyl groups excluding tert-OH is 1. The fraction of sp³-hybridized carbons (Fsp3) is 0.474. The number of hydrogen-bond acceptors (Lipinski definition) is 6. The molecular formula is C19H24O6. The highest BCUT2D eigenvalue weighted by atomic mass is 16.8. The van der Waals surface area contributed by atoms with Crippen molar-refractivity contribution in [2.24, 2.45) is 0 Å². The Morgan fingerprint density at radius 2 is 1.92 bits per heavy atom. The number of furan rings is 1. The zero-order valence-electron chi connectivity index (χ0n) is 14.4. The molecule has 0 saturated carbocycles. The first-order chi connectivity index (χ1) is 11.9. The van der Waals surface area contributed by atoms with Crippen LogP contribution < -0.4 is 0 Å². The highest BCUT2D eigenvalue weighted by molar-refractivity contribution is 5.20. The van der Waals surface area contributed by atoms with Crippen molar-refractivity contribution in [2.45, 2.75) is 44.1 Å². The first kappa shape index (κ1) is 18.1. The van der Waals surface area contributed by atoms with Crippen LogP contribution in [0.15, 0.2) is 53.3 Å². The maximum atomic E-state index is 11.0. The SMILES string of the molecule is CC1(C)O[C@@H](COCc2ccccc2)[C@H]([C@@](O)(CO)c2ccoc2)O1. The highest BCUT2D eigenvalue weighted by Gasteiger charge is 2.53. The van der Waals surface area contributed by atoms with E-state index in [2.05, 4.69) is 0 Å². The van der Waals surface area contributed by atoms with Gasteiger partial charge in [-0.05, 0) is 25.5 Å². The lowest BCUT2D eigenvalue weighted by Crippen LogP contribution is -2.49. The van der Waals surface area contributed by atoms with Crippen LogP contribution in [0.4, 0.5) is 0 Å². The second kappa shape index (κ2) is 7.27. The van der Waals surface area contributed by atoms with Crippen LogP contribution >= 0.6 is 0 Å². The third-order valence-electron chi connectivity index (χ3n) is 4.31. The molecule has 3 rings (SSSR count). The maximum Gasteiger partial charge on any atom is 0.164 e. The molecule has 2 heterocycles. The number of hydrogen-bond donors (Lipinski definition) is 2. The maximum absolute atomic E-state index is 11.0. The molecule has 0 radical (unpaired) electrons. The van der Waals surface area contributed by atoms with Crippen LogP contribution in [-0.4, -0.2) is 41.4 Å². The fourth-order valence-corrected chi connectivity index (χ4v) is 3.09. The van der Waals surface area contributed by atoms with E-state index >= 15 is 0 Å². The van der Waals surface area contributed by atoms with Crippen LogP contribution in [0.2, 0.25) is 0 Å². The molecule has 1 fully saturated rings.